The van der Waals surface area contributed by atoms with Crippen LogP contribution in [0.3, 0.4) is 0 Å². The van der Waals surface area contributed by atoms with Gasteiger partial charge in [0, 0.05) is 11.6 Å². The zero-order chi connectivity index (χ0) is 17.2. The predicted octanol–water partition coefficient (Wildman–Crippen LogP) is 3.36. The Morgan fingerprint density at radius 2 is 1.83 bits per heavy atom. The standard InChI is InChI=1S/C18H21ClN2O3/c19-15-4-1-5-17(13-15)24-12-11-21-18(23)20-10-2-3-14-6-8-16(22)9-7-14/h1,4-9,13,22H,2-3,10-12H2,(H2,20,21,23). The van der Waals surface area contributed by atoms with E-state index >= 15 is 0 Å². The van der Waals surface area contributed by atoms with Crippen LogP contribution in [0.1, 0.15) is 12.0 Å². The molecule has 0 spiro atoms. The Hall–Kier alpha value is -2.40. The molecule has 0 saturated carbocycles. The van der Waals surface area contributed by atoms with Gasteiger partial charge in [-0.1, -0.05) is 29.8 Å². The number of phenolic OH excluding ortho intramolecular Hbond substituents is 1. The highest BCUT2D eigenvalue weighted by atomic mass is 35.5. The molecule has 0 aliphatic rings. The quantitative estimate of drug-likeness (QED) is 0.641. The van der Waals surface area contributed by atoms with Crippen LogP contribution in [0.25, 0.3) is 0 Å². The lowest BCUT2D eigenvalue weighted by Gasteiger charge is -2.09. The first kappa shape index (κ1) is 17.9. The lowest BCUT2D eigenvalue weighted by atomic mass is 10.1. The molecule has 24 heavy (non-hydrogen) atoms. The van der Waals surface area contributed by atoms with E-state index in [1.165, 1.54) is 0 Å². The number of nitrogens with one attached hydrogen (secondary N) is 2. The van der Waals surface area contributed by atoms with E-state index in [4.69, 9.17) is 16.3 Å². The Labute approximate surface area is 146 Å². The first-order valence-electron chi connectivity index (χ1n) is 7.81. The van der Waals surface area contributed by atoms with E-state index in [1.807, 2.05) is 24.3 Å². The molecule has 0 saturated heterocycles. The van der Waals surface area contributed by atoms with Gasteiger partial charge in [-0.25, -0.2) is 4.79 Å². The first-order chi connectivity index (χ1) is 11.6. The molecule has 2 aromatic rings. The van der Waals surface area contributed by atoms with Gasteiger partial charge in [-0.05, 0) is 48.7 Å². The molecule has 128 valence electrons. The molecule has 0 aromatic heterocycles. The molecule has 0 radical (unpaired) electrons. The largest absolute Gasteiger partial charge is 0.508 e. The number of benzene rings is 2. The third-order valence-corrected chi connectivity index (χ3v) is 3.55. The number of carbonyl (C=O) groups is 1. The zero-order valence-electron chi connectivity index (χ0n) is 13.3. The van der Waals surface area contributed by atoms with E-state index in [-0.39, 0.29) is 11.8 Å². The Morgan fingerprint density at radius 3 is 2.58 bits per heavy atom. The molecule has 2 amide bonds. The number of aromatic hydroxyl groups is 1. The number of amides is 2. The minimum Gasteiger partial charge on any atom is -0.508 e. The highest BCUT2D eigenvalue weighted by Gasteiger charge is 2.00. The number of ether oxygens (including phenoxy) is 1. The van der Waals surface area contributed by atoms with Crippen molar-refractivity contribution in [1.82, 2.24) is 10.6 Å². The van der Waals surface area contributed by atoms with Crippen molar-refractivity contribution < 1.29 is 14.6 Å². The second kappa shape index (κ2) is 9.67. The summed E-state index contributed by atoms with van der Waals surface area (Å²) in [4.78, 5) is 11.6. The summed E-state index contributed by atoms with van der Waals surface area (Å²) in [5, 5.41) is 15.4. The minimum absolute atomic E-state index is 0.213. The van der Waals surface area contributed by atoms with Gasteiger partial charge in [0.1, 0.15) is 18.1 Å². The van der Waals surface area contributed by atoms with Crippen LogP contribution in [0.2, 0.25) is 5.02 Å². The SMILES string of the molecule is O=C(NCCCc1ccc(O)cc1)NCCOc1cccc(Cl)c1. The molecule has 5 nitrogen and oxygen atoms in total. The van der Waals surface area contributed by atoms with Crippen molar-refractivity contribution in [3.05, 3.63) is 59.1 Å². The van der Waals surface area contributed by atoms with Gasteiger partial charge in [-0.3, -0.25) is 0 Å². The molecule has 2 rings (SSSR count). The average molecular weight is 349 g/mol. The fourth-order valence-corrected chi connectivity index (χ4v) is 2.29. The van der Waals surface area contributed by atoms with Crippen LogP contribution in [0.4, 0.5) is 4.79 Å². The molecule has 0 bridgehead atoms. The lowest BCUT2D eigenvalue weighted by molar-refractivity contribution is 0.236. The summed E-state index contributed by atoms with van der Waals surface area (Å²) in [5.41, 5.74) is 1.13. The van der Waals surface area contributed by atoms with Crippen LogP contribution in [0.15, 0.2) is 48.5 Å². The van der Waals surface area contributed by atoms with Crippen molar-refractivity contribution >= 4 is 17.6 Å². The van der Waals surface area contributed by atoms with Crippen molar-refractivity contribution in [2.45, 2.75) is 12.8 Å². The van der Waals surface area contributed by atoms with Crippen molar-refractivity contribution in [1.29, 1.82) is 0 Å². The lowest BCUT2D eigenvalue weighted by Crippen LogP contribution is -2.38. The highest BCUT2D eigenvalue weighted by Crippen LogP contribution is 2.16. The zero-order valence-corrected chi connectivity index (χ0v) is 14.1. The number of halogens is 1. The summed E-state index contributed by atoms with van der Waals surface area (Å²) in [7, 11) is 0. The summed E-state index contributed by atoms with van der Waals surface area (Å²) in [6.45, 7) is 1.37. The fraction of sp³-hybridized carbons (Fsp3) is 0.278. The van der Waals surface area contributed by atoms with Crippen LogP contribution in [-0.2, 0) is 6.42 Å². The number of aryl methyl sites for hydroxylation is 1. The van der Waals surface area contributed by atoms with Gasteiger partial charge in [0.25, 0.3) is 0 Å². The summed E-state index contributed by atoms with van der Waals surface area (Å²) in [6, 6.07) is 14.0. The molecular formula is C18H21ClN2O3. The number of hydrogen-bond acceptors (Lipinski definition) is 3. The van der Waals surface area contributed by atoms with Crippen molar-refractivity contribution in [3.8, 4) is 11.5 Å². The van der Waals surface area contributed by atoms with Gasteiger partial charge in [0.2, 0.25) is 0 Å². The molecule has 0 heterocycles. The molecule has 0 atom stereocenters. The molecule has 0 unspecified atom stereocenters. The van der Waals surface area contributed by atoms with Gasteiger partial charge in [-0.15, -0.1) is 0 Å². The van der Waals surface area contributed by atoms with Crippen LogP contribution in [-0.4, -0.2) is 30.8 Å². The van der Waals surface area contributed by atoms with E-state index < -0.39 is 0 Å². The Kier molecular flexibility index (Phi) is 7.23. The van der Waals surface area contributed by atoms with E-state index in [0.29, 0.717) is 30.5 Å². The predicted molar refractivity (Wildman–Crippen MR) is 94.8 cm³/mol. The number of hydrogen-bond donors (Lipinski definition) is 3. The smallest absolute Gasteiger partial charge is 0.314 e. The number of rotatable bonds is 8. The number of phenols is 1. The van der Waals surface area contributed by atoms with Crippen LogP contribution < -0.4 is 15.4 Å². The van der Waals surface area contributed by atoms with Gasteiger partial charge in [0.15, 0.2) is 0 Å². The monoisotopic (exact) mass is 348 g/mol. The fourth-order valence-electron chi connectivity index (χ4n) is 2.11. The summed E-state index contributed by atoms with van der Waals surface area (Å²) in [6.07, 6.45) is 1.68. The van der Waals surface area contributed by atoms with Gasteiger partial charge < -0.3 is 20.5 Å². The third kappa shape index (κ3) is 6.79. The van der Waals surface area contributed by atoms with Crippen molar-refractivity contribution in [2.24, 2.45) is 0 Å². The molecule has 3 N–H and O–H groups in total. The molecule has 0 aliphatic carbocycles. The van der Waals surface area contributed by atoms with Gasteiger partial charge in [0.05, 0.1) is 6.54 Å². The molecule has 2 aromatic carbocycles. The molecule has 0 fully saturated rings. The van der Waals surface area contributed by atoms with Crippen LogP contribution in [0.5, 0.6) is 11.5 Å². The van der Waals surface area contributed by atoms with E-state index in [9.17, 15) is 9.90 Å². The second-order valence-electron chi connectivity index (χ2n) is 5.26. The summed E-state index contributed by atoms with van der Waals surface area (Å²) in [5.74, 6) is 0.940. The number of urea groups is 1. The average Bonchev–Trinajstić information content (AvgIpc) is 2.57. The number of carbonyl (C=O) groups excluding carboxylic acids is 1. The van der Waals surface area contributed by atoms with Gasteiger partial charge in [-0.2, -0.15) is 0 Å². The maximum atomic E-state index is 11.6. The van der Waals surface area contributed by atoms with E-state index in [2.05, 4.69) is 10.6 Å². The van der Waals surface area contributed by atoms with Crippen LogP contribution in [0, 0.1) is 0 Å². The maximum Gasteiger partial charge on any atom is 0.314 e. The van der Waals surface area contributed by atoms with Gasteiger partial charge >= 0.3 is 6.03 Å². The summed E-state index contributed by atoms with van der Waals surface area (Å²) >= 11 is 5.86. The second-order valence-corrected chi connectivity index (χ2v) is 5.69. The molecule has 0 aliphatic heterocycles. The Bertz CT molecular complexity index is 647. The van der Waals surface area contributed by atoms with Crippen molar-refractivity contribution in [2.75, 3.05) is 19.7 Å². The minimum atomic E-state index is -0.213. The highest BCUT2D eigenvalue weighted by molar-refractivity contribution is 6.30. The first-order valence-corrected chi connectivity index (χ1v) is 8.19. The van der Waals surface area contributed by atoms with Crippen LogP contribution >= 0.6 is 11.6 Å². The van der Waals surface area contributed by atoms with Crippen molar-refractivity contribution in [3.63, 3.8) is 0 Å². The van der Waals surface area contributed by atoms with E-state index in [1.54, 1.807) is 24.3 Å². The maximum absolute atomic E-state index is 11.6. The third-order valence-electron chi connectivity index (χ3n) is 3.32. The Balaban J connectivity index is 1.53. The Morgan fingerprint density at radius 1 is 1.08 bits per heavy atom. The molecular weight excluding hydrogens is 328 g/mol. The molecule has 6 heteroatoms. The van der Waals surface area contributed by atoms with E-state index in [0.717, 1.165) is 18.4 Å². The normalized spacial score (nSPS) is 10.2. The topological polar surface area (TPSA) is 70.6 Å². The summed E-state index contributed by atoms with van der Waals surface area (Å²) < 4.78 is 5.48.